The van der Waals surface area contributed by atoms with E-state index in [0.717, 1.165) is 25.3 Å². The van der Waals surface area contributed by atoms with Gasteiger partial charge in [-0.15, -0.1) is 6.58 Å². The first-order valence-electron chi connectivity index (χ1n) is 9.29. The largest absolute Gasteiger partial charge is 0.388 e. The highest BCUT2D eigenvalue weighted by Gasteiger charge is 2.36. The Hall–Kier alpha value is -1.85. The van der Waals surface area contributed by atoms with E-state index in [-0.39, 0.29) is 5.91 Å². The van der Waals surface area contributed by atoms with Crippen LogP contribution in [0.2, 0.25) is 0 Å². The molecule has 2 aliphatic heterocycles. The zero-order valence-electron chi connectivity index (χ0n) is 14.9. The second kappa shape index (κ2) is 8.02. The van der Waals surface area contributed by atoms with Crippen molar-refractivity contribution in [3.63, 3.8) is 0 Å². The van der Waals surface area contributed by atoms with Crippen molar-refractivity contribution in [3.8, 4) is 0 Å². The Bertz CT molecular complexity index is 603. The minimum absolute atomic E-state index is 0.0374. The molecule has 0 aromatic heterocycles. The molecule has 3 rings (SSSR count). The lowest BCUT2D eigenvalue weighted by Crippen LogP contribution is -2.51. The van der Waals surface area contributed by atoms with E-state index in [2.05, 4.69) is 16.8 Å². The van der Waals surface area contributed by atoms with Crippen LogP contribution >= 0.6 is 0 Å². The number of hydrogen-bond donors (Lipinski definition) is 2. The van der Waals surface area contributed by atoms with Gasteiger partial charge in [0.25, 0.3) is 5.91 Å². The summed E-state index contributed by atoms with van der Waals surface area (Å²) in [5.74, 6) is 0.0374. The van der Waals surface area contributed by atoms with Gasteiger partial charge >= 0.3 is 0 Å². The Labute approximate surface area is 150 Å². The average molecular weight is 343 g/mol. The fourth-order valence-corrected chi connectivity index (χ4v) is 3.82. The molecule has 0 radical (unpaired) electrons. The number of aliphatic hydroxyl groups is 1. The number of carbonyl (C=O) groups is 1. The van der Waals surface area contributed by atoms with Gasteiger partial charge in [0.1, 0.15) is 0 Å². The van der Waals surface area contributed by atoms with Gasteiger partial charge in [-0.2, -0.15) is 0 Å². The predicted molar refractivity (Wildman–Crippen MR) is 101 cm³/mol. The zero-order chi connectivity index (χ0) is 17.7. The average Bonchev–Trinajstić information content (AvgIpc) is 3.12. The molecule has 2 N–H and O–H groups in total. The highest BCUT2D eigenvalue weighted by Crippen LogP contribution is 2.27. The van der Waals surface area contributed by atoms with E-state index in [1.807, 2.05) is 29.2 Å². The molecule has 1 aromatic carbocycles. The van der Waals surface area contributed by atoms with Gasteiger partial charge < -0.3 is 20.2 Å². The third-order valence-electron chi connectivity index (χ3n) is 5.29. The van der Waals surface area contributed by atoms with Crippen LogP contribution in [-0.2, 0) is 0 Å². The Morgan fingerprint density at radius 2 is 1.88 bits per heavy atom. The molecule has 5 heteroatoms. The van der Waals surface area contributed by atoms with Gasteiger partial charge in [0.05, 0.1) is 11.2 Å². The Balaban J connectivity index is 1.60. The molecule has 2 saturated heterocycles. The maximum Gasteiger partial charge on any atom is 0.255 e. The number of amides is 1. The standard InChI is InChI=1S/C20H29N3O2/c1-2-11-21-18-8-4-3-7-17(18)19(24)23-14-9-20(25,10-15-23)16-22-12-5-6-13-22/h2-4,7-8,21,25H,1,5-6,9-16H2. The number of benzene rings is 1. The molecular formula is C20H29N3O2. The summed E-state index contributed by atoms with van der Waals surface area (Å²) in [5.41, 5.74) is 0.876. The van der Waals surface area contributed by atoms with Crippen molar-refractivity contribution in [3.05, 3.63) is 42.5 Å². The molecule has 0 bridgehead atoms. The lowest BCUT2D eigenvalue weighted by atomic mass is 9.90. The quantitative estimate of drug-likeness (QED) is 0.779. The number of para-hydroxylation sites is 1. The summed E-state index contributed by atoms with van der Waals surface area (Å²) in [4.78, 5) is 17.1. The predicted octanol–water partition coefficient (Wildman–Crippen LogP) is 2.35. The number of β-amino-alcohol motifs (C(OH)–C–C–N with tert-alkyl or cyclic N) is 1. The monoisotopic (exact) mass is 343 g/mol. The van der Waals surface area contributed by atoms with Crippen LogP contribution < -0.4 is 5.32 Å². The molecule has 2 heterocycles. The molecule has 1 amide bonds. The number of piperidine rings is 1. The normalized spacial score (nSPS) is 20.4. The zero-order valence-corrected chi connectivity index (χ0v) is 14.9. The summed E-state index contributed by atoms with van der Waals surface area (Å²) < 4.78 is 0. The molecule has 5 nitrogen and oxygen atoms in total. The first-order chi connectivity index (χ1) is 12.1. The molecular weight excluding hydrogens is 314 g/mol. The number of rotatable bonds is 6. The number of nitrogens with one attached hydrogen (secondary N) is 1. The second-order valence-corrected chi connectivity index (χ2v) is 7.21. The molecule has 2 fully saturated rings. The number of carbonyl (C=O) groups excluding carboxylic acids is 1. The summed E-state index contributed by atoms with van der Waals surface area (Å²) in [6, 6.07) is 7.59. The summed E-state index contributed by atoms with van der Waals surface area (Å²) in [5, 5.41) is 14.1. The van der Waals surface area contributed by atoms with Crippen molar-refractivity contribution < 1.29 is 9.90 Å². The molecule has 0 saturated carbocycles. The van der Waals surface area contributed by atoms with E-state index in [4.69, 9.17) is 0 Å². The fraction of sp³-hybridized carbons (Fsp3) is 0.550. The molecule has 0 spiro atoms. The summed E-state index contributed by atoms with van der Waals surface area (Å²) >= 11 is 0. The molecule has 0 unspecified atom stereocenters. The molecule has 25 heavy (non-hydrogen) atoms. The van der Waals surface area contributed by atoms with Crippen LogP contribution in [0.1, 0.15) is 36.0 Å². The third-order valence-corrected chi connectivity index (χ3v) is 5.29. The molecule has 136 valence electrons. The minimum atomic E-state index is -0.651. The number of anilines is 1. The van der Waals surface area contributed by atoms with Gasteiger partial charge in [0.2, 0.25) is 0 Å². The Morgan fingerprint density at radius 3 is 2.56 bits per heavy atom. The first-order valence-corrected chi connectivity index (χ1v) is 9.29. The van der Waals surface area contributed by atoms with Crippen molar-refractivity contribution in [1.29, 1.82) is 0 Å². The van der Waals surface area contributed by atoms with Gasteiger partial charge in [-0.05, 0) is 50.9 Å². The van der Waals surface area contributed by atoms with Crippen LogP contribution in [0.15, 0.2) is 36.9 Å². The summed E-state index contributed by atoms with van der Waals surface area (Å²) in [6.07, 6.45) is 5.54. The fourth-order valence-electron chi connectivity index (χ4n) is 3.82. The number of likely N-dealkylation sites (tertiary alicyclic amines) is 2. The van der Waals surface area contributed by atoms with E-state index in [1.165, 1.54) is 12.8 Å². The molecule has 2 aliphatic rings. The van der Waals surface area contributed by atoms with Gasteiger partial charge in [-0.3, -0.25) is 4.79 Å². The maximum absolute atomic E-state index is 12.9. The smallest absolute Gasteiger partial charge is 0.255 e. The van der Waals surface area contributed by atoms with Crippen molar-refractivity contribution >= 4 is 11.6 Å². The van der Waals surface area contributed by atoms with Crippen LogP contribution in [0.4, 0.5) is 5.69 Å². The summed E-state index contributed by atoms with van der Waals surface area (Å²) in [6.45, 7) is 8.48. The van der Waals surface area contributed by atoms with Gasteiger partial charge in [-0.1, -0.05) is 18.2 Å². The lowest BCUT2D eigenvalue weighted by molar-refractivity contribution is -0.0367. The van der Waals surface area contributed by atoms with E-state index < -0.39 is 5.60 Å². The van der Waals surface area contributed by atoms with Crippen LogP contribution in [0.3, 0.4) is 0 Å². The minimum Gasteiger partial charge on any atom is -0.388 e. The third kappa shape index (κ3) is 4.41. The topological polar surface area (TPSA) is 55.8 Å². The first kappa shape index (κ1) is 18.0. The number of nitrogens with zero attached hydrogens (tertiary/aromatic N) is 2. The van der Waals surface area contributed by atoms with Crippen molar-refractivity contribution in [1.82, 2.24) is 9.80 Å². The van der Waals surface area contributed by atoms with E-state index in [9.17, 15) is 9.90 Å². The Kier molecular flexibility index (Phi) is 5.76. The van der Waals surface area contributed by atoms with Gasteiger partial charge in [0, 0.05) is 31.9 Å². The van der Waals surface area contributed by atoms with Crippen molar-refractivity contribution in [2.24, 2.45) is 0 Å². The summed E-state index contributed by atoms with van der Waals surface area (Å²) in [7, 11) is 0. The SMILES string of the molecule is C=CCNc1ccccc1C(=O)N1CCC(O)(CN2CCCC2)CC1. The molecule has 0 aliphatic carbocycles. The van der Waals surface area contributed by atoms with Crippen LogP contribution in [0.25, 0.3) is 0 Å². The molecule has 1 aromatic rings. The van der Waals surface area contributed by atoms with Gasteiger partial charge in [0.15, 0.2) is 0 Å². The number of hydrogen-bond acceptors (Lipinski definition) is 4. The van der Waals surface area contributed by atoms with E-state index in [1.54, 1.807) is 6.08 Å². The van der Waals surface area contributed by atoms with Gasteiger partial charge in [-0.25, -0.2) is 0 Å². The van der Waals surface area contributed by atoms with E-state index in [0.29, 0.717) is 38.0 Å². The second-order valence-electron chi connectivity index (χ2n) is 7.21. The van der Waals surface area contributed by atoms with E-state index >= 15 is 0 Å². The van der Waals surface area contributed by atoms with Crippen molar-refractivity contribution in [2.75, 3.05) is 44.6 Å². The van der Waals surface area contributed by atoms with Crippen LogP contribution in [0, 0.1) is 0 Å². The molecule has 0 atom stereocenters. The maximum atomic E-state index is 12.9. The Morgan fingerprint density at radius 1 is 1.20 bits per heavy atom. The van der Waals surface area contributed by atoms with Crippen molar-refractivity contribution in [2.45, 2.75) is 31.3 Å². The lowest BCUT2D eigenvalue weighted by Gasteiger charge is -2.40. The highest BCUT2D eigenvalue weighted by atomic mass is 16.3. The van der Waals surface area contributed by atoms with Crippen LogP contribution in [-0.4, -0.2) is 65.7 Å². The highest BCUT2D eigenvalue weighted by molar-refractivity contribution is 5.99. The van der Waals surface area contributed by atoms with Crippen LogP contribution in [0.5, 0.6) is 0 Å².